The molecule has 0 radical (unpaired) electrons. The minimum absolute atomic E-state index is 0. The molecule has 1 N–H and O–H groups in total. The maximum atomic E-state index is 5.61. The molecule has 0 bridgehead atoms. The number of hydrogen-bond acceptors (Lipinski definition) is 0. The van der Waals surface area contributed by atoms with Crippen LogP contribution in [0.15, 0.2) is 12.5 Å². The van der Waals surface area contributed by atoms with E-state index in [2.05, 4.69) is 16.5 Å². The largest absolute Gasteiger partial charge is 1.00 e. The third-order valence-corrected chi connectivity index (χ3v) is 1.60. The molecule has 0 saturated heterocycles. The van der Waals surface area contributed by atoms with E-state index in [1.165, 1.54) is 0 Å². The second kappa shape index (κ2) is 4.58. The van der Waals surface area contributed by atoms with Crippen LogP contribution in [0.2, 0.25) is 0 Å². The van der Waals surface area contributed by atoms with Crippen LogP contribution in [0.1, 0.15) is 12.6 Å². The van der Waals surface area contributed by atoms with Crippen molar-refractivity contribution in [2.75, 3.05) is 0 Å². The lowest BCUT2D eigenvalue weighted by atomic mass is 10.5. The van der Waals surface area contributed by atoms with Crippen LogP contribution < -0.4 is 17.0 Å². The molecule has 0 aromatic carbocycles. The monoisotopic (exact) mass is 180 g/mol. The van der Waals surface area contributed by atoms with Crippen LogP contribution in [0.3, 0.4) is 0 Å². The molecule has 1 heterocycles. The van der Waals surface area contributed by atoms with Crippen molar-refractivity contribution in [2.45, 2.75) is 19.3 Å². The van der Waals surface area contributed by atoms with Gasteiger partial charge in [-0.05, 0) is 6.92 Å². The fourth-order valence-electron chi connectivity index (χ4n) is 0.799. The zero-order chi connectivity index (χ0) is 6.69. The van der Waals surface area contributed by atoms with E-state index in [0.717, 1.165) is 12.2 Å². The summed E-state index contributed by atoms with van der Waals surface area (Å²) in [5, 5.41) is 0. The molecule has 0 aliphatic rings. The van der Waals surface area contributed by atoms with Crippen molar-refractivity contribution in [2.24, 2.45) is 0 Å². The Morgan fingerprint density at radius 3 is 2.80 bits per heavy atom. The maximum absolute atomic E-state index is 5.61. The predicted molar refractivity (Wildman–Crippen MR) is 36.2 cm³/mol. The summed E-state index contributed by atoms with van der Waals surface area (Å²) in [6.45, 7) is 3.06. The van der Waals surface area contributed by atoms with Crippen LogP contribution in [0, 0.1) is 0 Å². The Bertz CT molecular complexity index is 167. The summed E-state index contributed by atoms with van der Waals surface area (Å²) in [5.74, 6) is 0.581. The lowest BCUT2D eigenvalue weighted by molar-refractivity contribution is -0.698. The minimum atomic E-state index is 0. The summed E-state index contributed by atoms with van der Waals surface area (Å²) >= 11 is 5.61. The van der Waals surface area contributed by atoms with Crippen LogP contribution in [-0.4, -0.2) is 4.98 Å². The number of aryl methyl sites for hydroxylation is 1. The van der Waals surface area contributed by atoms with Crippen LogP contribution in [-0.2, 0) is 12.4 Å². The van der Waals surface area contributed by atoms with Crippen molar-refractivity contribution in [3.05, 3.63) is 18.2 Å². The van der Waals surface area contributed by atoms with E-state index in [1.54, 1.807) is 0 Å². The standard InChI is InChI=1S/C6H9ClN2.ClH/c1-2-9-5-8-4-6(9)3-7;/h4-5H,2-3H2,1H3;1H. The first-order chi connectivity index (χ1) is 4.38. The Morgan fingerprint density at radius 1 is 1.70 bits per heavy atom. The number of alkyl halides is 1. The maximum Gasteiger partial charge on any atom is 0.241 e. The number of nitrogens with zero attached hydrogens (tertiary/aromatic N) is 1. The number of halogens is 2. The van der Waals surface area contributed by atoms with Crippen molar-refractivity contribution in [3.8, 4) is 0 Å². The van der Waals surface area contributed by atoms with Gasteiger partial charge in [-0.1, -0.05) is 0 Å². The average molecular weight is 181 g/mol. The first kappa shape index (κ1) is 9.79. The molecule has 2 nitrogen and oxygen atoms in total. The lowest BCUT2D eigenvalue weighted by Gasteiger charge is -1.89. The summed E-state index contributed by atoms with van der Waals surface area (Å²) in [7, 11) is 0. The fourth-order valence-corrected chi connectivity index (χ4v) is 1.03. The van der Waals surface area contributed by atoms with Crippen molar-refractivity contribution in [1.29, 1.82) is 0 Å². The third kappa shape index (κ3) is 1.89. The molecule has 0 atom stereocenters. The van der Waals surface area contributed by atoms with Gasteiger partial charge in [0.25, 0.3) is 0 Å². The van der Waals surface area contributed by atoms with Crippen LogP contribution in [0.25, 0.3) is 0 Å². The third-order valence-electron chi connectivity index (χ3n) is 1.33. The first-order valence-electron chi connectivity index (χ1n) is 2.99. The molecule has 0 spiro atoms. The van der Waals surface area contributed by atoms with E-state index in [4.69, 9.17) is 11.6 Å². The summed E-state index contributed by atoms with van der Waals surface area (Å²) in [5.41, 5.74) is 1.14. The average Bonchev–Trinajstić information content (AvgIpc) is 2.33. The molecule has 0 saturated carbocycles. The van der Waals surface area contributed by atoms with Gasteiger partial charge in [-0.25, -0.2) is 9.55 Å². The van der Waals surface area contributed by atoms with Gasteiger partial charge in [-0.3, -0.25) is 0 Å². The summed E-state index contributed by atoms with van der Waals surface area (Å²) < 4.78 is 2.08. The second-order valence-electron chi connectivity index (χ2n) is 1.85. The Balaban J connectivity index is 0.000000810. The Hall–Kier alpha value is -0.210. The smallest absolute Gasteiger partial charge is 0.241 e. The highest BCUT2D eigenvalue weighted by molar-refractivity contribution is 6.16. The quantitative estimate of drug-likeness (QED) is 0.405. The van der Waals surface area contributed by atoms with E-state index >= 15 is 0 Å². The summed E-state index contributed by atoms with van der Waals surface area (Å²) in [6.07, 6.45) is 3.83. The van der Waals surface area contributed by atoms with Gasteiger partial charge >= 0.3 is 0 Å². The fraction of sp³-hybridized carbons (Fsp3) is 0.500. The van der Waals surface area contributed by atoms with Crippen LogP contribution >= 0.6 is 11.6 Å². The Morgan fingerprint density at radius 2 is 2.40 bits per heavy atom. The van der Waals surface area contributed by atoms with E-state index in [-0.39, 0.29) is 12.4 Å². The van der Waals surface area contributed by atoms with Gasteiger partial charge in [-0.15, -0.1) is 11.6 Å². The molecule has 10 heavy (non-hydrogen) atoms. The van der Waals surface area contributed by atoms with Gasteiger partial charge in [0.2, 0.25) is 6.33 Å². The summed E-state index contributed by atoms with van der Waals surface area (Å²) in [4.78, 5) is 2.98. The molecule has 0 aliphatic heterocycles. The minimum Gasteiger partial charge on any atom is -1.00 e. The first-order valence-corrected chi connectivity index (χ1v) is 3.53. The molecule has 1 aromatic rings. The molecule has 0 amide bonds. The van der Waals surface area contributed by atoms with Gasteiger partial charge in [0.05, 0.1) is 12.4 Å². The van der Waals surface area contributed by atoms with E-state index in [1.807, 2.05) is 12.5 Å². The van der Waals surface area contributed by atoms with Crippen molar-refractivity contribution in [1.82, 2.24) is 4.98 Å². The molecule has 1 aromatic heterocycles. The Kier molecular flexibility index (Phi) is 4.49. The number of H-pyrrole nitrogens is 1. The molecule has 0 aliphatic carbocycles. The molecule has 0 unspecified atom stereocenters. The molecular weight excluding hydrogens is 171 g/mol. The summed E-state index contributed by atoms with van der Waals surface area (Å²) in [6, 6.07) is 0. The van der Waals surface area contributed by atoms with Gasteiger partial charge in [0, 0.05) is 0 Å². The van der Waals surface area contributed by atoms with Crippen LogP contribution in [0.4, 0.5) is 0 Å². The number of rotatable bonds is 2. The number of aromatic amines is 1. The van der Waals surface area contributed by atoms with E-state index in [9.17, 15) is 0 Å². The van der Waals surface area contributed by atoms with Gasteiger partial charge < -0.3 is 12.4 Å². The number of hydrogen-bond donors (Lipinski definition) is 1. The zero-order valence-corrected chi connectivity index (χ0v) is 7.28. The topological polar surface area (TPSA) is 19.7 Å². The van der Waals surface area contributed by atoms with Gasteiger partial charge in [-0.2, -0.15) is 0 Å². The molecule has 58 valence electrons. The van der Waals surface area contributed by atoms with Crippen molar-refractivity contribution >= 4 is 11.6 Å². The Labute approximate surface area is 71.6 Å². The van der Waals surface area contributed by atoms with Gasteiger partial charge in [0.15, 0.2) is 5.69 Å². The molecular formula is C6H10Cl2N2. The molecule has 0 fully saturated rings. The van der Waals surface area contributed by atoms with Crippen molar-refractivity contribution < 1.29 is 17.0 Å². The predicted octanol–water partition coefficient (Wildman–Crippen LogP) is -1.94. The van der Waals surface area contributed by atoms with E-state index < -0.39 is 0 Å². The molecule has 4 heteroatoms. The number of nitrogens with one attached hydrogen (secondary N) is 1. The number of imidazole rings is 1. The van der Waals surface area contributed by atoms with Crippen molar-refractivity contribution in [3.63, 3.8) is 0 Å². The molecule has 1 rings (SSSR count). The van der Waals surface area contributed by atoms with Crippen LogP contribution in [0.5, 0.6) is 0 Å². The second-order valence-corrected chi connectivity index (χ2v) is 2.12. The highest BCUT2D eigenvalue weighted by atomic mass is 35.5. The number of aromatic nitrogens is 2. The lowest BCUT2D eigenvalue weighted by Crippen LogP contribution is -3.00. The van der Waals surface area contributed by atoms with E-state index in [0.29, 0.717) is 5.88 Å². The normalized spacial score (nSPS) is 9.00. The SMILES string of the molecule is CC[n+]1c[nH]cc1CCl.[Cl-]. The van der Waals surface area contributed by atoms with Gasteiger partial charge in [0.1, 0.15) is 6.20 Å². The zero-order valence-electron chi connectivity index (χ0n) is 5.77. The highest BCUT2D eigenvalue weighted by Gasteiger charge is 2.02. The highest BCUT2D eigenvalue weighted by Crippen LogP contribution is 1.93.